The van der Waals surface area contributed by atoms with Gasteiger partial charge in [-0.3, -0.25) is 0 Å². The number of hydrogen-bond donors (Lipinski definition) is 2. The van der Waals surface area contributed by atoms with Crippen LogP contribution in [0.25, 0.3) is 0 Å². The Morgan fingerprint density at radius 3 is 2.87 bits per heavy atom. The van der Waals surface area contributed by atoms with Crippen LogP contribution in [-0.2, 0) is 0 Å². The lowest BCUT2D eigenvalue weighted by atomic mass is 9.87. The van der Waals surface area contributed by atoms with Crippen molar-refractivity contribution < 1.29 is 0 Å². The summed E-state index contributed by atoms with van der Waals surface area (Å²) < 4.78 is 0. The Morgan fingerprint density at radius 1 is 1.47 bits per heavy atom. The predicted octanol–water partition coefficient (Wildman–Crippen LogP) is 2.87. The molecule has 1 aliphatic carbocycles. The molecule has 84 valence electrons. The monoisotopic (exact) mass is 207 g/mol. The van der Waals surface area contributed by atoms with Gasteiger partial charge in [-0.25, -0.2) is 4.98 Å². The summed E-state index contributed by atoms with van der Waals surface area (Å²) in [5, 5.41) is 0. The van der Waals surface area contributed by atoms with Gasteiger partial charge in [-0.1, -0.05) is 26.2 Å². The van der Waals surface area contributed by atoms with Crippen LogP contribution in [0.15, 0.2) is 6.20 Å². The highest BCUT2D eigenvalue weighted by Crippen LogP contribution is 2.31. The van der Waals surface area contributed by atoms with Crippen molar-refractivity contribution in [2.24, 2.45) is 5.73 Å². The van der Waals surface area contributed by atoms with E-state index in [1.807, 2.05) is 6.20 Å². The Balaban J connectivity index is 2.05. The number of hydrogen-bond acceptors (Lipinski definition) is 2. The van der Waals surface area contributed by atoms with Gasteiger partial charge in [-0.15, -0.1) is 0 Å². The number of H-pyrrole nitrogens is 1. The molecule has 3 heteroatoms. The minimum absolute atomic E-state index is 0.0716. The van der Waals surface area contributed by atoms with Gasteiger partial charge < -0.3 is 10.7 Å². The second kappa shape index (κ2) is 4.79. The number of aromatic nitrogens is 2. The van der Waals surface area contributed by atoms with E-state index in [1.165, 1.54) is 37.8 Å². The van der Waals surface area contributed by atoms with Crippen molar-refractivity contribution in [2.75, 3.05) is 0 Å². The molecular weight excluding hydrogens is 186 g/mol. The van der Waals surface area contributed by atoms with Crippen LogP contribution in [0.5, 0.6) is 0 Å². The number of aromatic amines is 1. The molecule has 15 heavy (non-hydrogen) atoms. The lowest BCUT2D eigenvalue weighted by Gasteiger charge is -2.19. The molecule has 1 atom stereocenters. The minimum atomic E-state index is 0.0716. The van der Waals surface area contributed by atoms with E-state index in [9.17, 15) is 0 Å². The van der Waals surface area contributed by atoms with Crippen molar-refractivity contribution in [1.82, 2.24) is 9.97 Å². The first kappa shape index (κ1) is 10.7. The zero-order chi connectivity index (χ0) is 10.7. The second-order valence-electron chi connectivity index (χ2n) is 4.57. The Labute approximate surface area is 91.5 Å². The molecule has 1 fully saturated rings. The average Bonchev–Trinajstić information content (AvgIpc) is 2.78. The van der Waals surface area contributed by atoms with Crippen LogP contribution < -0.4 is 5.73 Å². The largest absolute Gasteiger partial charge is 0.344 e. The standard InChI is InChI=1S/C12H21N3/c1-2-10(13)12-14-8-11(15-12)9-6-4-3-5-7-9/h8-10H,2-7,13H2,1H3,(H,14,15). The van der Waals surface area contributed by atoms with Crippen molar-refractivity contribution in [3.63, 3.8) is 0 Å². The SMILES string of the molecule is CCC(N)c1ncc(C2CCCCC2)[nH]1. The fourth-order valence-corrected chi connectivity index (χ4v) is 2.35. The summed E-state index contributed by atoms with van der Waals surface area (Å²) in [6.45, 7) is 2.09. The zero-order valence-corrected chi connectivity index (χ0v) is 9.50. The molecule has 1 unspecified atom stereocenters. The second-order valence-corrected chi connectivity index (χ2v) is 4.57. The Morgan fingerprint density at radius 2 is 2.20 bits per heavy atom. The van der Waals surface area contributed by atoms with Crippen LogP contribution in [0.2, 0.25) is 0 Å². The van der Waals surface area contributed by atoms with Crippen LogP contribution in [-0.4, -0.2) is 9.97 Å². The number of imidazole rings is 1. The molecule has 3 N–H and O–H groups in total. The van der Waals surface area contributed by atoms with E-state index in [4.69, 9.17) is 5.73 Å². The molecule has 1 heterocycles. The van der Waals surface area contributed by atoms with E-state index in [-0.39, 0.29) is 6.04 Å². The van der Waals surface area contributed by atoms with E-state index in [1.54, 1.807) is 0 Å². The molecule has 0 saturated heterocycles. The van der Waals surface area contributed by atoms with Gasteiger partial charge in [0.15, 0.2) is 0 Å². The average molecular weight is 207 g/mol. The van der Waals surface area contributed by atoms with Gasteiger partial charge in [-0.2, -0.15) is 0 Å². The summed E-state index contributed by atoms with van der Waals surface area (Å²) in [6, 6.07) is 0.0716. The first-order valence-corrected chi connectivity index (χ1v) is 6.11. The van der Waals surface area contributed by atoms with Gasteiger partial charge in [0.05, 0.1) is 6.04 Å². The highest BCUT2D eigenvalue weighted by Gasteiger charge is 2.18. The molecule has 1 saturated carbocycles. The summed E-state index contributed by atoms with van der Waals surface area (Å²) >= 11 is 0. The maximum atomic E-state index is 5.94. The molecule has 2 rings (SSSR count). The van der Waals surface area contributed by atoms with Gasteiger partial charge in [-0.05, 0) is 19.3 Å². The van der Waals surface area contributed by atoms with Crippen molar-refractivity contribution in [1.29, 1.82) is 0 Å². The van der Waals surface area contributed by atoms with E-state index in [0.717, 1.165) is 12.2 Å². The van der Waals surface area contributed by atoms with Crippen LogP contribution in [0.4, 0.5) is 0 Å². The molecule has 1 aromatic heterocycles. The molecule has 0 aromatic carbocycles. The predicted molar refractivity (Wildman–Crippen MR) is 61.6 cm³/mol. The van der Waals surface area contributed by atoms with Gasteiger partial charge >= 0.3 is 0 Å². The molecule has 3 nitrogen and oxygen atoms in total. The summed E-state index contributed by atoms with van der Waals surface area (Å²) in [7, 11) is 0. The molecule has 0 spiro atoms. The molecule has 1 aromatic rings. The smallest absolute Gasteiger partial charge is 0.123 e. The van der Waals surface area contributed by atoms with Gasteiger partial charge in [0.25, 0.3) is 0 Å². The summed E-state index contributed by atoms with van der Waals surface area (Å²) in [5.41, 5.74) is 7.24. The van der Waals surface area contributed by atoms with Crippen molar-refractivity contribution in [3.05, 3.63) is 17.7 Å². The molecule has 0 aliphatic heterocycles. The topological polar surface area (TPSA) is 54.7 Å². The molecule has 0 bridgehead atoms. The maximum absolute atomic E-state index is 5.94. The number of nitrogens with zero attached hydrogens (tertiary/aromatic N) is 1. The third kappa shape index (κ3) is 2.40. The zero-order valence-electron chi connectivity index (χ0n) is 9.50. The molecule has 0 radical (unpaired) electrons. The Hall–Kier alpha value is -0.830. The van der Waals surface area contributed by atoms with Gasteiger partial charge in [0.2, 0.25) is 0 Å². The summed E-state index contributed by atoms with van der Waals surface area (Å²) in [5.74, 6) is 1.65. The minimum Gasteiger partial charge on any atom is -0.344 e. The lowest BCUT2D eigenvalue weighted by Crippen LogP contribution is -2.11. The number of nitrogens with two attached hydrogens (primary N) is 1. The van der Waals surface area contributed by atoms with Crippen LogP contribution in [0, 0.1) is 0 Å². The molecule has 0 amide bonds. The first-order valence-electron chi connectivity index (χ1n) is 6.11. The summed E-state index contributed by atoms with van der Waals surface area (Å²) in [6.07, 6.45) is 9.66. The molecule has 1 aliphatic rings. The van der Waals surface area contributed by atoms with Crippen molar-refractivity contribution in [3.8, 4) is 0 Å². The molecular formula is C12H21N3. The third-order valence-electron chi connectivity index (χ3n) is 3.45. The van der Waals surface area contributed by atoms with Crippen LogP contribution in [0.3, 0.4) is 0 Å². The van der Waals surface area contributed by atoms with E-state index in [0.29, 0.717) is 5.92 Å². The number of nitrogens with one attached hydrogen (secondary N) is 1. The van der Waals surface area contributed by atoms with Gasteiger partial charge in [0.1, 0.15) is 5.82 Å². The first-order chi connectivity index (χ1) is 7.31. The Kier molecular flexibility index (Phi) is 3.41. The third-order valence-corrected chi connectivity index (χ3v) is 3.45. The van der Waals surface area contributed by atoms with Crippen LogP contribution >= 0.6 is 0 Å². The fraction of sp³-hybridized carbons (Fsp3) is 0.750. The van der Waals surface area contributed by atoms with Crippen LogP contribution in [0.1, 0.15) is 68.9 Å². The quantitative estimate of drug-likeness (QED) is 0.800. The fourth-order valence-electron chi connectivity index (χ4n) is 2.35. The Bertz CT molecular complexity index is 300. The van der Waals surface area contributed by atoms with Crippen molar-refractivity contribution >= 4 is 0 Å². The number of rotatable bonds is 3. The summed E-state index contributed by atoms with van der Waals surface area (Å²) in [4.78, 5) is 7.78. The lowest BCUT2D eigenvalue weighted by molar-refractivity contribution is 0.437. The van der Waals surface area contributed by atoms with E-state index in [2.05, 4.69) is 16.9 Å². The maximum Gasteiger partial charge on any atom is 0.123 e. The highest BCUT2D eigenvalue weighted by atomic mass is 15.0. The van der Waals surface area contributed by atoms with E-state index < -0.39 is 0 Å². The normalized spacial score (nSPS) is 20.4. The highest BCUT2D eigenvalue weighted by molar-refractivity contribution is 5.10. The van der Waals surface area contributed by atoms with Gasteiger partial charge in [0, 0.05) is 17.8 Å². The van der Waals surface area contributed by atoms with E-state index >= 15 is 0 Å². The van der Waals surface area contributed by atoms with Crippen molar-refractivity contribution in [2.45, 2.75) is 57.4 Å².